The molecule has 2 aliphatic heterocycles. The van der Waals surface area contributed by atoms with Crippen molar-refractivity contribution in [2.24, 2.45) is 0 Å². The van der Waals surface area contributed by atoms with Gasteiger partial charge in [-0.15, -0.1) is 5.10 Å². The van der Waals surface area contributed by atoms with Crippen LogP contribution in [0.3, 0.4) is 0 Å². The van der Waals surface area contributed by atoms with Crippen LogP contribution in [0.1, 0.15) is 54.1 Å². The predicted molar refractivity (Wildman–Crippen MR) is 123 cm³/mol. The molecule has 1 aromatic heterocycles. The van der Waals surface area contributed by atoms with Crippen molar-refractivity contribution in [1.29, 1.82) is 0 Å². The Morgan fingerprint density at radius 2 is 1.94 bits per heavy atom. The number of rotatable bonds is 5. The smallest absolute Gasteiger partial charge is 0.344 e. The number of nitrogens with one attached hydrogen (secondary N) is 1. The largest absolute Gasteiger partial charge is 0.478 e. The Balaban J connectivity index is 1.41. The molecule has 0 saturated carbocycles. The molecule has 2 saturated heterocycles. The highest BCUT2D eigenvalue weighted by atomic mass is 16.4. The second-order valence-corrected chi connectivity index (χ2v) is 9.02. The number of aryl methyl sites for hydroxylation is 1. The summed E-state index contributed by atoms with van der Waals surface area (Å²) in [6.45, 7) is 10.6. The fraction of sp³-hybridized carbons (Fsp3) is 0.458. The molecule has 2 fully saturated rings. The Morgan fingerprint density at radius 1 is 1.19 bits per heavy atom. The molecule has 0 bridgehead atoms. The van der Waals surface area contributed by atoms with E-state index in [1.807, 2.05) is 30.9 Å². The molecule has 1 amide bonds. The van der Waals surface area contributed by atoms with Gasteiger partial charge < -0.3 is 15.3 Å². The van der Waals surface area contributed by atoms with Gasteiger partial charge in [0.25, 0.3) is 0 Å². The van der Waals surface area contributed by atoms with Gasteiger partial charge in [0.2, 0.25) is 0 Å². The molecule has 2 aromatic rings. The zero-order valence-electron chi connectivity index (χ0n) is 18.8. The number of carboxylic acids is 1. The third kappa shape index (κ3) is 4.41. The summed E-state index contributed by atoms with van der Waals surface area (Å²) in [4.78, 5) is 28.8. The van der Waals surface area contributed by atoms with Gasteiger partial charge in [-0.2, -0.15) is 4.68 Å². The standard InChI is InChI=1S/C24H31N5O3/c1-17(2)25-21-7-12-29(26-21)23(32)27-13-9-24(10-14-27)8-4-11-28(24)16-19-6-5-18(3)20(15-19)22(30)31/h5-7,12,15H,1,4,8-11,13-14,16H2,2-3H3,(H,25,26)(H,30,31). The molecule has 0 radical (unpaired) electrons. The van der Waals surface area contributed by atoms with Gasteiger partial charge in [-0.1, -0.05) is 18.7 Å². The lowest BCUT2D eigenvalue weighted by atomic mass is 9.84. The molecule has 170 valence electrons. The highest BCUT2D eigenvalue weighted by Gasteiger charge is 2.43. The minimum atomic E-state index is -0.882. The molecule has 8 nitrogen and oxygen atoms in total. The summed E-state index contributed by atoms with van der Waals surface area (Å²) >= 11 is 0. The van der Waals surface area contributed by atoms with E-state index in [0.717, 1.165) is 55.6 Å². The van der Waals surface area contributed by atoms with Gasteiger partial charge in [0.05, 0.1) is 5.56 Å². The minimum absolute atomic E-state index is 0.0713. The molecule has 1 spiro atoms. The normalized spacial score (nSPS) is 18.1. The average Bonchev–Trinajstić information content (AvgIpc) is 3.36. The van der Waals surface area contributed by atoms with E-state index in [-0.39, 0.29) is 11.6 Å². The summed E-state index contributed by atoms with van der Waals surface area (Å²) in [6, 6.07) is 7.38. The number of amides is 1. The zero-order valence-corrected chi connectivity index (χ0v) is 18.8. The van der Waals surface area contributed by atoms with E-state index in [4.69, 9.17) is 0 Å². The first-order valence-electron chi connectivity index (χ1n) is 11.1. The highest BCUT2D eigenvalue weighted by molar-refractivity contribution is 5.89. The summed E-state index contributed by atoms with van der Waals surface area (Å²) < 4.78 is 1.38. The van der Waals surface area contributed by atoms with E-state index in [0.29, 0.717) is 24.5 Å². The number of aromatic carboxylic acids is 1. The molecule has 0 unspecified atom stereocenters. The number of anilines is 1. The van der Waals surface area contributed by atoms with Crippen molar-refractivity contribution in [2.45, 2.75) is 51.6 Å². The quantitative estimate of drug-likeness (QED) is 0.737. The van der Waals surface area contributed by atoms with E-state index < -0.39 is 5.97 Å². The maximum absolute atomic E-state index is 12.9. The number of likely N-dealkylation sites (tertiary alicyclic amines) is 2. The summed E-state index contributed by atoms with van der Waals surface area (Å²) in [5, 5.41) is 16.8. The van der Waals surface area contributed by atoms with Crippen molar-refractivity contribution in [3.63, 3.8) is 0 Å². The van der Waals surface area contributed by atoms with Crippen molar-refractivity contribution < 1.29 is 14.7 Å². The first-order chi connectivity index (χ1) is 15.3. The Kier molecular flexibility index (Phi) is 6.06. The second kappa shape index (κ2) is 8.78. The maximum atomic E-state index is 12.9. The van der Waals surface area contributed by atoms with Gasteiger partial charge in [-0.05, 0) is 63.3 Å². The lowest BCUT2D eigenvalue weighted by Crippen LogP contribution is -2.53. The lowest BCUT2D eigenvalue weighted by Gasteiger charge is -2.45. The minimum Gasteiger partial charge on any atom is -0.478 e. The Labute approximate surface area is 188 Å². The molecule has 32 heavy (non-hydrogen) atoms. The van der Waals surface area contributed by atoms with Crippen LogP contribution in [0, 0.1) is 6.92 Å². The summed E-state index contributed by atoms with van der Waals surface area (Å²) in [5.74, 6) is -0.271. The Hall–Kier alpha value is -3.13. The highest BCUT2D eigenvalue weighted by Crippen LogP contribution is 2.39. The van der Waals surface area contributed by atoms with Gasteiger partial charge in [0.15, 0.2) is 5.82 Å². The zero-order chi connectivity index (χ0) is 22.9. The van der Waals surface area contributed by atoms with Gasteiger partial charge >= 0.3 is 12.0 Å². The number of carbonyl (C=O) groups excluding carboxylic acids is 1. The van der Waals surface area contributed by atoms with Crippen molar-refractivity contribution in [2.75, 3.05) is 25.0 Å². The van der Waals surface area contributed by atoms with Crippen LogP contribution in [0.2, 0.25) is 0 Å². The number of allylic oxidation sites excluding steroid dienone is 1. The second-order valence-electron chi connectivity index (χ2n) is 9.02. The van der Waals surface area contributed by atoms with Crippen molar-refractivity contribution in [3.8, 4) is 0 Å². The number of aromatic nitrogens is 2. The Morgan fingerprint density at radius 3 is 2.62 bits per heavy atom. The molecule has 1 aromatic carbocycles. The third-order valence-electron chi connectivity index (χ3n) is 6.74. The van der Waals surface area contributed by atoms with Gasteiger partial charge in [-0.3, -0.25) is 4.90 Å². The SMILES string of the molecule is C=C(C)Nc1ccn(C(=O)N2CCC3(CCCN3Cc3ccc(C)c(C(=O)O)c3)CC2)n1. The van der Waals surface area contributed by atoms with E-state index in [9.17, 15) is 14.7 Å². The van der Waals surface area contributed by atoms with Crippen LogP contribution < -0.4 is 5.32 Å². The van der Waals surface area contributed by atoms with Crippen LogP contribution in [0.15, 0.2) is 42.7 Å². The maximum Gasteiger partial charge on any atom is 0.344 e. The lowest BCUT2D eigenvalue weighted by molar-refractivity contribution is 0.0584. The predicted octanol–water partition coefficient (Wildman–Crippen LogP) is 3.93. The molecule has 0 aliphatic carbocycles. The first kappa shape index (κ1) is 22.1. The monoisotopic (exact) mass is 437 g/mol. The first-order valence-corrected chi connectivity index (χ1v) is 11.1. The van der Waals surface area contributed by atoms with Gasteiger partial charge in [-0.25, -0.2) is 9.59 Å². The average molecular weight is 438 g/mol. The molecule has 3 heterocycles. The summed E-state index contributed by atoms with van der Waals surface area (Å²) in [7, 11) is 0. The topological polar surface area (TPSA) is 90.7 Å². The number of nitrogens with zero attached hydrogens (tertiary/aromatic N) is 4. The fourth-order valence-electron chi connectivity index (χ4n) is 5.00. The number of piperidine rings is 1. The van der Waals surface area contributed by atoms with Crippen LogP contribution in [0.4, 0.5) is 10.6 Å². The number of hydrogen-bond donors (Lipinski definition) is 2. The summed E-state index contributed by atoms with van der Waals surface area (Å²) in [6.07, 6.45) is 5.74. The van der Waals surface area contributed by atoms with E-state index >= 15 is 0 Å². The van der Waals surface area contributed by atoms with Gasteiger partial charge in [0, 0.05) is 43.1 Å². The number of benzene rings is 1. The fourth-order valence-corrected chi connectivity index (χ4v) is 5.00. The number of carboxylic acid groups (broad SMARTS) is 1. The number of carbonyl (C=O) groups is 2. The van der Waals surface area contributed by atoms with Crippen molar-refractivity contribution in [1.82, 2.24) is 19.6 Å². The van der Waals surface area contributed by atoms with Crippen LogP contribution >= 0.6 is 0 Å². The van der Waals surface area contributed by atoms with Crippen LogP contribution in [-0.2, 0) is 6.54 Å². The third-order valence-corrected chi connectivity index (χ3v) is 6.74. The molecule has 2 aliphatic rings. The molecular weight excluding hydrogens is 406 g/mol. The molecule has 8 heteroatoms. The van der Waals surface area contributed by atoms with Crippen LogP contribution in [0.25, 0.3) is 0 Å². The Bertz CT molecular complexity index is 1040. The van der Waals surface area contributed by atoms with E-state index in [1.165, 1.54) is 4.68 Å². The molecule has 2 N–H and O–H groups in total. The molecule has 0 atom stereocenters. The summed E-state index contributed by atoms with van der Waals surface area (Å²) in [5.41, 5.74) is 3.03. The van der Waals surface area contributed by atoms with Gasteiger partial charge in [0.1, 0.15) is 0 Å². The molecule has 4 rings (SSSR count). The van der Waals surface area contributed by atoms with E-state index in [2.05, 4.69) is 21.9 Å². The van der Waals surface area contributed by atoms with E-state index in [1.54, 1.807) is 18.3 Å². The number of hydrogen-bond acceptors (Lipinski definition) is 5. The van der Waals surface area contributed by atoms with Crippen LogP contribution in [0.5, 0.6) is 0 Å². The van der Waals surface area contributed by atoms with Crippen LogP contribution in [-0.4, -0.2) is 61.9 Å². The van der Waals surface area contributed by atoms with Crippen molar-refractivity contribution >= 4 is 17.8 Å². The molecular formula is C24H31N5O3. The van der Waals surface area contributed by atoms with Crippen molar-refractivity contribution in [3.05, 3.63) is 59.4 Å².